The van der Waals surface area contributed by atoms with E-state index in [0.717, 1.165) is 17.7 Å². The summed E-state index contributed by atoms with van der Waals surface area (Å²) < 4.78 is 0. The van der Waals surface area contributed by atoms with Gasteiger partial charge in [0.1, 0.15) is 0 Å². The van der Waals surface area contributed by atoms with Crippen molar-refractivity contribution in [3.8, 4) is 0 Å². The molecule has 1 amide bonds. The Bertz CT molecular complexity index is 356. The van der Waals surface area contributed by atoms with Crippen LogP contribution in [0.2, 0.25) is 0 Å². The minimum atomic E-state index is -0.0169. The SMILES string of the molecule is CCc1cc(C)c(NC(C)=O)cc1C. The van der Waals surface area contributed by atoms with Gasteiger partial charge in [-0.2, -0.15) is 0 Å². The Morgan fingerprint density at radius 3 is 2.43 bits per heavy atom. The van der Waals surface area contributed by atoms with Crippen molar-refractivity contribution in [1.82, 2.24) is 0 Å². The zero-order valence-electron chi connectivity index (χ0n) is 9.27. The Morgan fingerprint density at radius 2 is 1.93 bits per heavy atom. The normalized spacial score (nSPS) is 10.0. The molecule has 0 unspecified atom stereocenters. The lowest BCUT2D eigenvalue weighted by molar-refractivity contribution is -0.114. The van der Waals surface area contributed by atoms with Crippen molar-refractivity contribution < 1.29 is 4.79 Å². The van der Waals surface area contributed by atoms with Crippen LogP contribution >= 0.6 is 0 Å². The number of hydrogen-bond donors (Lipinski definition) is 1. The van der Waals surface area contributed by atoms with Crippen LogP contribution in [0.4, 0.5) is 5.69 Å². The fourth-order valence-corrected chi connectivity index (χ4v) is 1.58. The highest BCUT2D eigenvalue weighted by Crippen LogP contribution is 2.20. The van der Waals surface area contributed by atoms with Gasteiger partial charge in [0.15, 0.2) is 0 Å². The van der Waals surface area contributed by atoms with Crippen molar-refractivity contribution in [1.29, 1.82) is 0 Å². The van der Waals surface area contributed by atoms with E-state index in [2.05, 4.69) is 25.2 Å². The Hall–Kier alpha value is -1.31. The third kappa shape index (κ3) is 2.34. The summed E-state index contributed by atoms with van der Waals surface area (Å²) in [5, 5.41) is 2.83. The molecule has 0 radical (unpaired) electrons. The number of aryl methyl sites for hydroxylation is 3. The van der Waals surface area contributed by atoms with E-state index in [0.29, 0.717) is 0 Å². The molecule has 2 nitrogen and oxygen atoms in total. The van der Waals surface area contributed by atoms with Gasteiger partial charge in [-0.3, -0.25) is 4.79 Å². The summed E-state index contributed by atoms with van der Waals surface area (Å²) in [5.74, 6) is -0.0169. The Labute approximate surface area is 85.3 Å². The first-order chi connectivity index (χ1) is 6.54. The molecule has 76 valence electrons. The first kappa shape index (κ1) is 10.8. The molecule has 0 saturated heterocycles. The minimum absolute atomic E-state index is 0.0169. The second-order valence-corrected chi connectivity index (χ2v) is 3.63. The molecule has 1 N–H and O–H groups in total. The summed E-state index contributed by atoms with van der Waals surface area (Å²) >= 11 is 0. The quantitative estimate of drug-likeness (QED) is 0.765. The van der Waals surface area contributed by atoms with E-state index in [4.69, 9.17) is 0 Å². The van der Waals surface area contributed by atoms with Gasteiger partial charge in [0, 0.05) is 12.6 Å². The maximum absolute atomic E-state index is 10.9. The average Bonchev–Trinajstić information content (AvgIpc) is 2.10. The molecule has 2 heteroatoms. The van der Waals surface area contributed by atoms with Gasteiger partial charge in [-0.15, -0.1) is 0 Å². The van der Waals surface area contributed by atoms with Gasteiger partial charge in [-0.1, -0.05) is 13.0 Å². The molecular formula is C12H17NO. The van der Waals surface area contributed by atoms with E-state index >= 15 is 0 Å². The summed E-state index contributed by atoms with van der Waals surface area (Å²) in [6.45, 7) is 7.76. The van der Waals surface area contributed by atoms with Crippen LogP contribution in [0.25, 0.3) is 0 Å². The second-order valence-electron chi connectivity index (χ2n) is 3.63. The molecule has 0 atom stereocenters. The molecule has 1 aromatic carbocycles. The Morgan fingerprint density at radius 1 is 1.29 bits per heavy atom. The molecule has 0 saturated carbocycles. The molecule has 0 aliphatic carbocycles. The number of hydrogen-bond acceptors (Lipinski definition) is 1. The van der Waals surface area contributed by atoms with Gasteiger partial charge in [0.05, 0.1) is 0 Å². The molecule has 0 aliphatic rings. The number of benzene rings is 1. The van der Waals surface area contributed by atoms with Crippen molar-refractivity contribution in [2.45, 2.75) is 34.1 Å². The topological polar surface area (TPSA) is 29.1 Å². The highest BCUT2D eigenvalue weighted by molar-refractivity contribution is 5.89. The highest BCUT2D eigenvalue weighted by atomic mass is 16.1. The number of carbonyl (C=O) groups is 1. The molecule has 0 aromatic heterocycles. The van der Waals surface area contributed by atoms with Gasteiger partial charge in [-0.05, 0) is 43.0 Å². The lowest BCUT2D eigenvalue weighted by Crippen LogP contribution is -2.07. The van der Waals surface area contributed by atoms with Crippen LogP contribution in [0, 0.1) is 13.8 Å². The molecular weight excluding hydrogens is 174 g/mol. The first-order valence-electron chi connectivity index (χ1n) is 4.92. The van der Waals surface area contributed by atoms with E-state index in [1.807, 2.05) is 13.0 Å². The maximum atomic E-state index is 10.9. The zero-order valence-corrected chi connectivity index (χ0v) is 9.27. The Kier molecular flexibility index (Phi) is 3.28. The molecule has 14 heavy (non-hydrogen) atoms. The average molecular weight is 191 g/mol. The van der Waals surface area contributed by atoms with E-state index in [1.54, 1.807) is 0 Å². The van der Waals surface area contributed by atoms with Crippen molar-refractivity contribution in [3.63, 3.8) is 0 Å². The second kappa shape index (κ2) is 4.27. The third-order valence-electron chi connectivity index (χ3n) is 2.37. The van der Waals surface area contributed by atoms with Crippen molar-refractivity contribution in [2.75, 3.05) is 5.32 Å². The number of rotatable bonds is 2. The molecule has 0 fully saturated rings. The summed E-state index contributed by atoms with van der Waals surface area (Å²) in [5.41, 5.74) is 4.63. The predicted octanol–water partition coefficient (Wildman–Crippen LogP) is 2.82. The standard InChI is InChI=1S/C12H17NO/c1-5-11-6-9(3)12(7-8(11)2)13-10(4)14/h6-7H,5H2,1-4H3,(H,13,14). The minimum Gasteiger partial charge on any atom is -0.326 e. The van der Waals surface area contributed by atoms with E-state index in [-0.39, 0.29) is 5.91 Å². The molecule has 0 spiro atoms. The lowest BCUT2D eigenvalue weighted by Gasteiger charge is -2.11. The highest BCUT2D eigenvalue weighted by Gasteiger charge is 2.03. The number of nitrogens with one attached hydrogen (secondary N) is 1. The summed E-state index contributed by atoms with van der Waals surface area (Å²) in [7, 11) is 0. The van der Waals surface area contributed by atoms with Crippen molar-refractivity contribution in [2.24, 2.45) is 0 Å². The van der Waals surface area contributed by atoms with Crippen LogP contribution in [0.5, 0.6) is 0 Å². The fourth-order valence-electron chi connectivity index (χ4n) is 1.58. The van der Waals surface area contributed by atoms with E-state index < -0.39 is 0 Å². The fraction of sp³-hybridized carbons (Fsp3) is 0.417. The first-order valence-corrected chi connectivity index (χ1v) is 4.92. The third-order valence-corrected chi connectivity index (χ3v) is 2.37. The largest absolute Gasteiger partial charge is 0.326 e. The molecule has 1 rings (SSSR count). The van der Waals surface area contributed by atoms with Gasteiger partial charge in [0.25, 0.3) is 0 Å². The van der Waals surface area contributed by atoms with Gasteiger partial charge in [0.2, 0.25) is 5.91 Å². The van der Waals surface area contributed by atoms with Crippen LogP contribution in [-0.4, -0.2) is 5.91 Å². The number of amides is 1. The van der Waals surface area contributed by atoms with Gasteiger partial charge in [-0.25, -0.2) is 0 Å². The van der Waals surface area contributed by atoms with Crippen molar-refractivity contribution >= 4 is 11.6 Å². The lowest BCUT2D eigenvalue weighted by atomic mass is 10.0. The van der Waals surface area contributed by atoms with E-state index in [1.165, 1.54) is 18.1 Å². The van der Waals surface area contributed by atoms with Gasteiger partial charge < -0.3 is 5.32 Å². The van der Waals surface area contributed by atoms with Crippen LogP contribution in [-0.2, 0) is 11.2 Å². The summed E-state index contributed by atoms with van der Waals surface area (Å²) in [6, 6.07) is 4.18. The number of carbonyl (C=O) groups excluding carboxylic acids is 1. The van der Waals surface area contributed by atoms with Crippen LogP contribution in [0.15, 0.2) is 12.1 Å². The zero-order chi connectivity index (χ0) is 10.7. The monoisotopic (exact) mass is 191 g/mol. The molecule has 0 aliphatic heterocycles. The summed E-state index contributed by atoms with van der Waals surface area (Å²) in [6.07, 6.45) is 1.03. The van der Waals surface area contributed by atoms with Gasteiger partial charge >= 0.3 is 0 Å². The molecule has 1 aromatic rings. The smallest absolute Gasteiger partial charge is 0.221 e. The Balaban J connectivity index is 3.08. The van der Waals surface area contributed by atoms with Crippen LogP contribution in [0.3, 0.4) is 0 Å². The van der Waals surface area contributed by atoms with Crippen molar-refractivity contribution in [3.05, 3.63) is 28.8 Å². The summed E-state index contributed by atoms with van der Waals surface area (Å²) in [4.78, 5) is 10.9. The molecule has 0 heterocycles. The number of anilines is 1. The van der Waals surface area contributed by atoms with Crippen LogP contribution < -0.4 is 5.32 Å². The van der Waals surface area contributed by atoms with Crippen LogP contribution in [0.1, 0.15) is 30.5 Å². The maximum Gasteiger partial charge on any atom is 0.221 e. The predicted molar refractivity (Wildman–Crippen MR) is 59.6 cm³/mol. The van der Waals surface area contributed by atoms with E-state index in [9.17, 15) is 4.79 Å². The molecule has 0 bridgehead atoms.